The Morgan fingerprint density at radius 1 is 1.21 bits per heavy atom. The van der Waals surface area contributed by atoms with Gasteiger partial charge in [0.1, 0.15) is 0 Å². The molecule has 0 aliphatic rings. The first-order valence-corrected chi connectivity index (χ1v) is 4.53. The fourth-order valence-electron chi connectivity index (χ4n) is 1.12. The summed E-state index contributed by atoms with van der Waals surface area (Å²) in [6.45, 7) is 5.46. The van der Waals surface area contributed by atoms with Gasteiger partial charge in [-0.15, -0.1) is 0 Å². The first kappa shape index (κ1) is 12.9. The van der Waals surface area contributed by atoms with Crippen LogP contribution in [0.4, 0.5) is 0 Å². The van der Waals surface area contributed by atoms with E-state index in [0.717, 1.165) is 0 Å². The van der Waals surface area contributed by atoms with Gasteiger partial charge in [0, 0.05) is 0 Å². The van der Waals surface area contributed by atoms with Crippen LogP contribution in [0, 0.1) is 11.3 Å². The molecule has 0 aromatic rings. The summed E-state index contributed by atoms with van der Waals surface area (Å²) >= 11 is 0. The zero-order chi connectivity index (χ0) is 11.4. The van der Waals surface area contributed by atoms with E-state index in [4.69, 9.17) is 0 Å². The van der Waals surface area contributed by atoms with Gasteiger partial charge in [-0.05, 0) is 12.8 Å². The van der Waals surface area contributed by atoms with Gasteiger partial charge in [0.2, 0.25) is 0 Å². The molecule has 0 bridgehead atoms. The van der Waals surface area contributed by atoms with Crippen LogP contribution in [0.25, 0.3) is 0 Å². The Morgan fingerprint density at radius 3 is 2.00 bits per heavy atom. The average Bonchev–Trinajstić information content (AvgIpc) is 2.15. The first-order valence-electron chi connectivity index (χ1n) is 4.53. The molecular formula is C10H18O4. The molecule has 0 rings (SSSR count). The molecule has 0 aliphatic carbocycles. The molecule has 0 saturated carbocycles. The molecular weight excluding hydrogens is 184 g/mol. The molecule has 14 heavy (non-hydrogen) atoms. The fourth-order valence-corrected chi connectivity index (χ4v) is 1.12. The number of methoxy groups -OCH3 is 2. The largest absolute Gasteiger partial charge is 0.469 e. The maximum absolute atomic E-state index is 11.5. The second-order valence-electron chi connectivity index (χ2n) is 3.82. The number of hydrogen-bond donors (Lipinski definition) is 0. The molecule has 0 radical (unpaired) electrons. The van der Waals surface area contributed by atoms with Crippen molar-refractivity contribution in [3.63, 3.8) is 0 Å². The van der Waals surface area contributed by atoms with Crippen molar-refractivity contribution in [3.8, 4) is 0 Å². The molecule has 4 nitrogen and oxygen atoms in total. The molecule has 0 aromatic carbocycles. The fraction of sp³-hybridized carbons (Fsp3) is 0.800. The molecule has 82 valence electrons. The summed E-state index contributed by atoms with van der Waals surface area (Å²) in [5.41, 5.74) is -0.804. The third kappa shape index (κ3) is 2.72. The van der Waals surface area contributed by atoms with Crippen LogP contribution in [0.5, 0.6) is 0 Å². The highest BCUT2D eigenvalue weighted by molar-refractivity contribution is 5.83. The zero-order valence-electron chi connectivity index (χ0n) is 9.42. The number of rotatable bonds is 4. The van der Waals surface area contributed by atoms with Gasteiger partial charge in [-0.1, -0.05) is 13.8 Å². The second kappa shape index (κ2) is 4.98. The minimum Gasteiger partial charge on any atom is -0.469 e. The molecule has 1 atom stereocenters. The van der Waals surface area contributed by atoms with Crippen molar-refractivity contribution in [3.05, 3.63) is 0 Å². The first-order chi connectivity index (χ1) is 6.38. The van der Waals surface area contributed by atoms with Gasteiger partial charge in [0.05, 0.1) is 26.1 Å². The van der Waals surface area contributed by atoms with Gasteiger partial charge in [-0.2, -0.15) is 0 Å². The summed E-state index contributed by atoms with van der Waals surface area (Å²) in [5.74, 6) is -0.751. The SMILES string of the molecule is COC(=O)CC(C)(C(=O)OC)C(C)C. The van der Waals surface area contributed by atoms with Crippen LogP contribution in [-0.4, -0.2) is 26.2 Å². The summed E-state index contributed by atoms with van der Waals surface area (Å²) in [5, 5.41) is 0. The van der Waals surface area contributed by atoms with E-state index >= 15 is 0 Å². The Bertz CT molecular complexity index is 222. The van der Waals surface area contributed by atoms with E-state index in [0.29, 0.717) is 0 Å². The highest BCUT2D eigenvalue weighted by atomic mass is 16.5. The van der Waals surface area contributed by atoms with Gasteiger partial charge in [0.15, 0.2) is 0 Å². The van der Waals surface area contributed by atoms with E-state index in [9.17, 15) is 9.59 Å². The molecule has 0 spiro atoms. The average molecular weight is 202 g/mol. The maximum Gasteiger partial charge on any atom is 0.312 e. The van der Waals surface area contributed by atoms with E-state index in [-0.39, 0.29) is 18.3 Å². The lowest BCUT2D eigenvalue weighted by Gasteiger charge is -2.29. The third-order valence-corrected chi connectivity index (χ3v) is 2.67. The minimum absolute atomic E-state index is 0.0223. The molecule has 0 aliphatic heterocycles. The van der Waals surface area contributed by atoms with Crippen LogP contribution in [-0.2, 0) is 19.1 Å². The lowest BCUT2D eigenvalue weighted by Crippen LogP contribution is -2.36. The van der Waals surface area contributed by atoms with Gasteiger partial charge in [0.25, 0.3) is 0 Å². The highest BCUT2D eigenvalue weighted by Gasteiger charge is 2.40. The molecule has 1 unspecified atom stereocenters. The molecule has 0 fully saturated rings. The predicted octanol–water partition coefficient (Wildman–Crippen LogP) is 1.38. The van der Waals surface area contributed by atoms with E-state index in [1.165, 1.54) is 14.2 Å². The van der Waals surface area contributed by atoms with Gasteiger partial charge in [-0.3, -0.25) is 9.59 Å². The van der Waals surface area contributed by atoms with Crippen molar-refractivity contribution in [2.75, 3.05) is 14.2 Å². The van der Waals surface area contributed by atoms with Crippen molar-refractivity contribution in [1.29, 1.82) is 0 Å². The number of ether oxygens (including phenoxy) is 2. The van der Waals surface area contributed by atoms with Crippen molar-refractivity contribution in [2.45, 2.75) is 27.2 Å². The van der Waals surface area contributed by atoms with Crippen LogP contribution in [0.1, 0.15) is 27.2 Å². The molecule has 0 saturated heterocycles. The third-order valence-electron chi connectivity index (χ3n) is 2.67. The molecule has 0 aromatic heterocycles. The standard InChI is InChI=1S/C10H18O4/c1-7(2)10(3,9(12)14-5)6-8(11)13-4/h7H,6H2,1-5H3. The van der Waals surface area contributed by atoms with E-state index in [1.54, 1.807) is 6.92 Å². The Balaban J connectivity index is 4.73. The highest BCUT2D eigenvalue weighted by Crippen LogP contribution is 2.32. The summed E-state index contributed by atoms with van der Waals surface area (Å²) in [7, 11) is 2.63. The molecule has 0 amide bonds. The predicted molar refractivity (Wildman–Crippen MR) is 51.6 cm³/mol. The zero-order valence-corrected chi connectivity index (χ0v) is 9.42. The van der Waals surface area contributed by atoms with E-state index in [1.807, 2.05) is 13.8 Å². The van der Waals surface area contributed by atoms with Crippen molar-refractivity contribution in [1.82, 2.24) is 0 Å². The van der Waals surface area contributed by atoms with Gasteiger partial charge < -0.3 is 9.47 Å². The van der Waals surface area contributed by atoms with Crippen LogP contribution >= 0.6 is 0 Å². The Hall–Kier alpha value is -1.06. The van der Waals surface area contributed by atoms with Crippen LogP contribution in [0.2, 0.25) is 0 Å². The summed E-state index contributed by atoms with van der Waals surface area (Å²) in [6, 6.07) is 0. The second-order valence-corrected chi connectivity index (χ2v) is 3.82. The van der Waals surface area contributed by atoms with E-state index in [2.05, 4.69) is 9.47 Å². The minimum atomic E-state index is -0.804. The quantitative estimate of drug-likeness (QED) is 0.646. The molecule has 0 heterocycles. The van der Waals surface area contributed by atoms with Crippen LogP contribution in [0.15, 0.2) is 0 Å². The summed E-state index contributed by atoms with van der Waals surface area (Å²) in [4.78, 5) is 22.6. The Kier molecular flexibility index (Phi) is 4.60. The number of carbonyl (C=O) groups is 2. The number of carbonyl (C=O) groups excluding carboxylic acids is 2. The monoisotopic (exact) mass is 202 g/mol. The lowest BCUT2D eigenvalue weighted by molar-refractivity contribution is -0.161. The van der Waals surface area contributed by atoms with Crippen LogP contribution in [0.3, 0.4) is 0 Å². The van der Waals surface area contributed by atoms with Gasteiger partial charge in [-0.25, -0.2) is 0 Å². The Labute approximate surface area is 84.6 Å². The topological polar surface area (TPSA) is 52.6 Å². The summed E-state index contributed by atoms with van der Waals surface area (Å²) < 4.78 is 9.22. The van der Waals surface area contributed by atoms with Crippen molar-refractivity contribution >= 4 is 11.9 Å². The Morgan fingerprint density at radius 2 is 1.71 bits per heavy atom. The summed E-state index contributed by atoms with van der Waals surface area (Å²) in [6.07, 6.45) is 0.0494. The van der Waals surface area contributed by atoms with Crippen LogP contribution < -0.4 is 0 Å². The lowest BCUT2D eigenvalue weighted by atomic mass is 9.76. The van der Waals surface area contributed by atoms with Crippen molar-refractivity contribution < 1.29 is 19.1 Å². The number of hydrogen-bond acceptors (Lipinski definition) is 4. The number of esters is 2. The van der Waals surface area contributed by atoms with Crippen molar-refractivity contribution in [2.24, 2.45) is 11.3 Å². The molecule has 4 heteroatoms. The van der Waals surface area contributed by atoms with Gasteiger partial charge >= 0.3 is 11.9 Å². The molecule has 0 N–H and O–H groups in total. The smallest absolute Gasteiger partial charge is 0.312 e. The normalized spacial score (nSPS) is 14.7. The van der Waals surface area contributed by atoms with E-state index < -0.39 is 11.4 Å². The maximum atomic E-state index is 11.5.